The number of rotatable bonds is 7. The van der Waals surface area contributed by atoms with Crippen LogP contribution in [0.25, 0.3) is 0 Å². The summed E-state index contributed by atoms with van der Waals surface area (Å²) in [5, 5.41) is 6.13. The minimum atomic E-state index is -0.266. The van der Waals surface area contributed by atoms with Gasteiger partial charge in [0.25, 0.3) is 5.91 Å². The molecule has 1 unspecified atom stereocenters. The average molecular weight is 341 g/mol. The molecule has 1 atom stereocenters. The Balaban J connectivity index is 1.59. The number of nitrogens with zero attached hydrogens (tertiary/aromatic N) is 1. The van der Waals surface area contributed by atoms with Gasteiger partial charge in [-0.2, -0.15) is 0 Å². The largest absolute Gasteiger partial charge is 0.492 e. The number of hydrogen-bond donors (Lipinski definition) is 2. The normalized spacial score (nSPS) is 16.4. The van der Waals surface area contributed by atoms with Crippen molar-refractivity contribution in [1.82, 2.24) is 4.98 Å². The van der Waals surface area contributed by atoms with E-state index in [-0.39, 0.29) is 12.0 Å². The Bertz CT molecular complexity index is 697. The molecule has 1 fully saturated rings. The summed E-state index contributed by atoms with van der Waals surface area (Å²) < 4.78 is 11.1. The van der Waals surface area contributed by atoms with Crippen LogP contribution in [0.3, 0.4) is 0 Å². The fraction of sp³-hybridized carbons (Fsp3) is 0.368. The van der Waals surface area contributed by atoms with Gasteiger partial charge < -0.3 is 20.1 Å². The summed E-state index contributed by atoms with van der Waals surface area (Å²) in [4.78, 5) is 16.6. The Hall–Kier alpha value is -2.60. The zero-order valence-electron chi connectivity index (χ0n) is 14.3. The van der Waals surface area contributed by atoms with Crippen LogP contribution in [0.2, 0.25) is 0 Å². The molecule has 1 amide bonds. The van der Waals surface area contributed by atoms with Gasteiger partial charge in [-0.3, -0.25) is 4.79 Å². The molecule has 0 spiro atoms. The van der Waals surface area contributed by atoms with E-state index in [0.29, 0.717) is 23.7 Å². The Kier molecular flexibility index (Phi) is 5.85. The first-order valence-corrected chi connectivity index (χ1v) is 8.61. The molecule has 1 aromatic carbocycles. The van der Waals surface area contributed by atoms with Crippen molar-refractivity contribution in [1.29, 1.82) is 0 Å². The van der Waals surface area contributed by atoms with Gasteiger partial charge in [-0.05, 0) is 44.0 Å². The molecule has 1 saturated heterocycles. The van der Waals surface area contributed by atoms with E-state index in [2.05, 4.69) is 15.6 Å². The zero-order chi connectivity index (χ0) is 17.5. The molecule has 1 aliphatic rings. The molecule has 3 rings (SSSR count). The topological polar surface area (TPSA) is 72.5 Å². The minimum absolute atomic E-state index is 0.262. The van der Waals surface area contributed by atoms with Crippen molar-refractivity contribution in [3.63, 3.8) is 0 Å². The highest BCUT2D eigenvalue weighted by Gasteiger charge is 2.15. The van der Waals surface area contributed by atoms with Crippen LogP contribution in [-0.4, -0.2) is 36.8 Å². The summed E-state index contributed by atoms with van der Waals surface area (Å²) >= 11 is 0. The number of carbonyl (C=O) groups is 1. The highest BCUT2D eigenvalue weighted by molar-refractivity contribution is 6.03. The quantitative estimate of drug-likeness (QED) is 0.808. The van der Waals surface area contributed by atoms with E-state index < -0.39 is 0 Å². The maximum absolute atomic E-state index is 12.4. The second-order valence-corrected chi connectivity index (χ2v) is 5.83. The molecule has 132 valence electrons. The molecule has 2 aromatic rings. The van der Waals surface area contributed by atoms with Gasteiger partial charge in [0.05, 0.1) is 30.3 Å². The summed E-state index contributed by atoms with van der Waals surface area (Å²) in [7, 11) is 0. The lowest BCUT2D eigenvalue weighted by molar-refractivity contribution is 0.102. The smallest absolute Gasteiger partial charge is 0.274 e. The molecule has 0 saturated carbocycles. The van der Waals surface area contributed by atoms with Crippen LogP contribution in [0.15, 0.2) is 42.6 Å². The molecular weight excluding hydrogens is 318 g/mol. The second kappa shape index (κ2) is 8.48. The molecule has 6 nitrogen and oxygen atoms in total. The number of amides is 1. The van der Waals surface area contributed by atoms with Crippen LogP contribution in [0, 0.1) is 0 Å². The molecule has 6 heteroatoms. The molecule has 25 heavy (non-hydrogen) atoms. The third kappa shape index (κ3) is 4.70. The second-order valence-electron chi connectivity index (χ2n) is 5.83. The highest BCUT2D eigenvalue weighted by Crippen LogP contribution is 2.24. The predicted molar refractivity (Wildman–Crippen MR) is 97.3 cm³/mol. The summed E-state index contributed by atoms with van der Waals surface area (Å²) in [6, 6.07) is 10.9. The standard InChI is InChI=1S/C19H23N3O3/c1-2-24-18-8-4-3-7-16(18)22-19(23)17-10-9-14(12-21-17)20-13-15-6-5-11-25-15/h3-4,7-10,12,15,20H,2,5-6,11,13H2,1H3,(H,22,23). The van der Waals surface area contributed by atoms with E-state index in [4.69, 9.17) is 9.47 Å². The number of anilines is 2. The molecule has 0 bridgehead atoms. The van der Waals surface area contributed by atoms with Crippen molar-refractivity contribution in [2.75, 3.05) is 30.4 Å². The highest BCUT2D eigenvalue weighted by atomic mass is 16.5. The molecular formula is C19H23N3O3. The van der Waals surface area contributed by atoms with Crippen molar-refractivity contribution in [3.8, 4) is 5.75 Å². The number of para-hydroxylation sites is 2. The third-order valence-electron chi connectivity index (χ3n) is 3.99. The van der Waals surface area contributed by atoms with E-state index in [9.17, 15) is 4.79 Å². The molecule has 1 aromatic heterocycles. The third-order valence-corrected chi connectivity index (χ3v) is 3.99. The Morgan fingerprint density at radius 3 is 2.92 bits per heavy atom. The number of hydrogen-bond acceptors (Lipinski definition) is 5. The number of nitrogens with one attached hydrogen (secondary N) is 2. The first kappa shape index (κ1) is 17.2. The molecule has 0 aliphatic carbocycles. The Morgan fingerprint density at radius 1 is 1.32 bits per heavy atom. The van der Waals surface area contributed by atoms with Crippen molar-refractivity contribution in [2.24, 2.45) is 0 Å². The Morgan fingerprint density at radius 2 is 2.20 bits per heavy atom. The first-order chi connectivity index (χ1) is 12.3. The number of carbonyl (C=O) groups excluding carboxylic acids is 1. The lowest BCUT2D eigenvalue weighted by atomic mass is 10.2. The van der Waals surface area contributed by atoms with E-state index >= 15 is 0 Å². The van der Waals surface area contributed by atoms with E-state index in [1.54, 1.807) is 18.3 Å². The monoisotopic (exact) mass is 341 g/mol. The van der Waals surface area contributed by atoms with Crippen LogP contribution >= 0.6 is 0 Å². The van der Waals surface area contributed by atoms with Gasteiger partial charge in [-0.15, -0.1) is 0 Å². The molecule has 2 N–H and O–H groups in total. The SMILES string of the molecule is CCOc1ccccc1NC(=O)c1ccc(NCC2CCCO2)cn1. The van der Waals surface area contributed by atoms with Crippen LogP contribution in [0.5, 0.6) is 5.75 Å². The van der Waals surface area contributed by atoms with Crippen molar-refractivity contribution in [3.05, 3.63) is 48.3 Å². The van der Waals surface area contributed by atoms with Gasteiger partial charge in [-0.1, -0.05) is 12.1 Å². The Labute approximate surface area is 147 Å². The minimum Gasteiger partial charge on any atom is -0.492 e. The van der Waals surface area contributed by atoms with Gasteiger partial charge in [0, 0.05) is 13.2 Å². The van der Waals surface area contributed by atoms with Crippen molar-refractivity contribution >= 4 is 17.3 Å². The van der Waals surface area contributed by atoms with E-state index in [1.165, 1.54) is 0 Å². The summed E-state index contributed by atoms with van der Waals surface area (Å²) in [6.45, 7) is 4.04. The summed E-state index contributed by atoms with van der Waals surface area (Å²) in [5.41, 5.74) is 1.87. The maximum atomic E-state index is 12.4. The summed E-state index contributed by atoms with van der Waals surface area (Å²) in [6.07, 6.45) is 4.13. The van der Waals surface area contributed by atoms with Gasteiger partial charge in [0.15, 0.2) is 0 Å². The number of pyridine rings is 1. The first-order valence-electron chi connectivity index (χ1n) is 8.61. The van der Waals surface area contributed by atoms with Gasteiger partial charge in [0.1, 0.15) is 11.4 Å². The number of ether oxygens (including phenoxy) is 2. The van der Waals surface area contributed by atoms with Crippen molar-refractivity contribution in [2.45, 2.75) is 25.9 Å². The maximum Gasteiger partial charge on any atom is 0.274 e. The lowest BCUT2D eigenvalue weighted by Gasteiger charge is -2.12. The lowest BCUT2D eigenvalue weighted by Crippen LogP contribution is -2.19. The summed E-state index contributed by atoms with van der Waals surface area (Å²) in [5.74, 6) is 0.381. The van der Waals surface area contributed by atoms with E-state index in [0.717, 1.165) is 31.7 Å². The van der Waals surface area contributed by atoms with Crippen molar-refractivity contribution < 1.29 is 14.3 Å². The van der Waals surface area contributed by atoms with Crippen LogP contribution < -0.4 is 15.4 Å². The van der Waals surface area contributed by atoms with Gasteiger partial charge >= 0.3 is 0 Å². The van der Waals surface area contributed by atoms with Gasteiger partial charge in [0.2, 0.25) is 0 Å². The molecule has 1 aliphatic heterocycles. The molecule has 2 heterocycles. The number of benzene rings is 1. The number of aromatic nitrogens is 1. The zero-order valence-corrected chi connectivity index (χ0v) is 14.3. The fourth-order valence-electron chi connectivity index (χ4n) is 2.71. The van der Waals surface area contributed by atoms with Gasteiger partial charge in [-0.25, -0.2) is 4.98 Å². The molecule has 0 radical (unpaired) electrons. The average Bonchev–Trinajstić information content (AvgIpc) is 3.16. The van der Waals surface area contributed by atoms with Crippen LogP contribution in [0.1, 0.15) is 30.3 Å². The predicted octanol–water partition coefficient (Wildman–Crippen LogP) is 3.32. The van der Waals surface area contributed by atoms with Crippen LogP contribution in [-0.2, 0) is 4.74 Å². The van der Waals surface area contributed by atoms with E-state index in [1.807, 2.05) is 31.2 Å². The van der Waals surface area contributed by atoms with Crippen LogP contribution in [0.4, 0.5) is 11.4 Å². The fourth-order valence-corrected chi connectivity index (χ4v) is 2.71.